The number of benzene rings is 2. The lowest BCUT2D eigenvalue weighted by Crippen LogP contribution is -2.23. The van der Waals surface area contributed by atoms with Crippen LogP contribution in [0.2, 0.25) is 0 Å². The van der Waals surface area contributed by atoms with Gasteiger partial charge in [-0.05, 0) is 41.5 Å². The summed E-state index contributed by atoms with van der Waals surface area (Å²) in [5.74, 6) is 0.656. The molecule has 5 nitrogen and oxygen atoms in total. The van der Waals surface area contributed by atoms with Crippen molar-refractivity contribution in [3.63, 3.8) is 0 Å². The monoisotopic (exact) mass is 383 g/mol. The predicted octanol–water partition coefficient (Wildman–Crippen LogP) is 4.43. The van der Waals surface area contributed by atoms with Gasteiger partial charge in [0.05, 0.1) is 7.11 Å². The lowest BCUT2D eigenvalue weighted by molar-refractivity contribution is -0.115. The summed E-state index contributed by atoms with van der Waals surface area (Å²) >= 11 is 0. The van der Waals surface area contributed by atoms with Crippen molar-refractivity contribution >= 4 is 28.6 Å². The highest BCUT2D eigenvalue weighted by Gasteiger charge is 2.13. The molecule has 4 rings (SSSR count). The number of amides is 1. The first-order valence-corrected chi connectivity index (χ1v) is 9.35. The van der Waals surface area contributed by atoms with Gasteiger partial charge in [-0.15, -0.1) is 0 Å². The van der Waals surface area contributed by atoms with Crippen LogP contribution in [0.25, 0.3) is 22.7 Å². The van der Waals surface area contributed by atoms with Gasteiger partial charge in [0, 0.05) is 35.5 Å². The van der Waals surface area contributed by atoms with Gasteiger partial charge in [0.2, 0.25) is 0 Å². The van der Waals surface area contributed by atoms with Crippen molar-refractivity contribution in [3.05, 3.63) is 95.8 Å². The highest BCUT2D eigenvalue weighted by Crippen LogP contribution is 2.23. The molecule has 0 bridgehead atoms. The molecule has 0 saturated heterocycles. The standard InChI is InChI=1S/C24H21N3O2/c1-29-20-11-9-17(10-12-20)15-27-24(28)22(18-6-3-2-4-7-18)14-19-16-26-23-21(19)8-5-13-25-23/h2-14,16H,15H2,1H3,(H,25,26)(H,27,28)/b22-14+. The van der Waals surface area contributed by atoms with Gasteiger partial charge in [0.1, 0.15) is 11.4 Å². The van der Waals surface area contributed by atoms with E-state index in [4.69, 9.17) is 4.74 Å². The third kappa shape index (κ3) is 4.19. The van der Waals surface area contributed by atoms with Crippen molar-refractivity contribution in [1.82, 2.24) is 15.3 Å². The van der Waals surface area contributed by atoms with E-state index in [1.807, 2.05) is 79.0 Å². The first-order valence-electron chi connectivity index (χ1n) is 9.35. The van der Waals surface area contributed by atoms with Crippen molar-refractivity contribution in [2.45, 2.75) is 6.54 Å². The van der Waals surface area contributed by atoms with E-state index < -0.39 is 0 Å². The minimum atomic E-state index is -0.134. The largest absolute Gasteiger partial charge is 0.497 e. The maximum atomic E-state index is 13.1. The minimum Gasteiger partial charge on any atom is -0.497 e. The number of hydrogen-bond donors (Lipinski definition) is 2. The molecule has 2 aromatic carbocycles. The quantitative estimate of drug-likeness (QED) is 0.484. The van der Waals surface area contributed by atoms with Crippen LogP contribution in [0, 0.1) is 0 Å². The van der Waals surface area contributed by atoms with E-state index >= 15 is 0 Å². The summed E-state index contributed by atoms with van der Waals surface area (Å²) in [7, 11) is 1.63. The number of nitrogens with one attached hydrogen (secondary N) is 2. The minimum absolute atomic E-state index is 0.134. The number of nitrogens with zero attached hydrogens (tertiary/aromatic N) is 1. The third-order valence-electron chi connectivity index (χ3n) is 4.72. The van der Waals surface area contributed by atoms with E-state index in [0.717, 1.165) is 33.5 Å². The number of methoxy groups -OCH3 is 1. The summed E-state index contributed by atoms with van der Waals surface area (Å²) in [5.41, 5.74) is 4.18. The fourth-order valence-corrected chi connectivity index (χ4v) is 3.17. The fourth-order valence-electron chi connectivity index (χ4n) is 3.17. The summed E-state index contributed by atoms with van der Waals surface area (Å²) in [6.45, 7) is 0.433. The fraction of sp³-hybridized carbons (Fsp3) is 0.0833. The molecule has 0 aliphatic rings. The maximum absolute atomic E-state index is 13.1. The smallest absolute Gasteiger partial charge is 0.252 e. The molecule has 0 atom stereocenters. The van der Waals surface area contributed by atoms with Gasteiger partial charge in [-0.25, -0.2) is 4.98 Å². The van der Waals surface area contributed by atoms with Crippen molar-refractivity contribution < 1.29 is 9.53 Å². The number of ether oxygens (including phenoxy) is 1. The number of aromatic amines is 1. The SMILES string of the molecule is COc1ccc(CNC(=O)/C(=C/c2c[nH]c3ncccc23)c2ccccc2)cc1. The Balaban J connectivity index is 1.62. The van der Waals surface area contributed by atoms with E-state index in [0.29, 0.717) is 12.1 Å². The number of hydrogen-bond acceptors (Lipinski definition) is 3. The molecule has 4 aromatic rings. The maximum Gasteiger partial charge on any atom is 0.252 e. The molecule has 0 saturated carbocycles. The van der Waals surface area contributed by atoms with Crippen molar-refractivity contribution in [3.8, 4) is 5.75 Å². The Morgan fingerprint density at radius 1 is 1.07 bits per heavy atom. The molecular formula is C24H21N3O2. The van der Waals surface area contributed by atoms with Gasteiger partial charge < -0.3 is 15.0 Å². The molecule has 0 fully saturated rings. The van der Waals surface area contributed by atoms with Crippen LogP contribution in [-0.4, -0.2) is 23.0 Å². The van der Waals surface area contributed by atoms with Crippen LogP contribution in [-0.2, 0) is 11.3 Å². The number of aromatic nitrogens is 2. The Labute approximate surface area is 169 Å². The normalized spacial score (nSPS) is 11.4. The zero-order chi connectivity index (χ0) is 20.1. The number of pyridine rings is 1. The second-order valence-electron chi connectivity index (χ2n) is 6.60. The van der Waals surface area contributed by atoms with Crippen LogP contribution in [0.5, 0.6) is 5.75 Å². The lowest BCUT2D eigenvalue weighted by Gasteiger charge is -2.10. The van der Waals surface area contributed by atoms with Crippen molar-refractivity contribution in [2.24, 2.45) is 0 Å². The number of fused-ring (bicyclic) bond motifs is 1. The van der Waals surface area contributed by atoms with Crippen LogP contribution >= 0.6 is 0 Å². The molecule has 1 amide bonds. The average molecular weight is 383 g/mol. The van der Waals surface area contributed by atoms with Gasteiger partial charge in [-0.1, -0.05) is 42.5 Å². The van der Waals surface area contributed by atoms with Gasteiger partial charge in [-0.2, -0.15) is 0 Å². The molecular weight excluding hydrogens is 362 g/mol. The average Bonchev–Trinajstić information content (AvgIpc) is 3.19. The molecule has 0 unspecified atom stereocenters. The predicted molar refractivity (Wildman–Crippen MR) is 115 cm³/mol. The van der Waals surface area contributed by atoms with E-state index in [9.17, 15) is 4.79 Å². The second kappa shape index (κ2) is 8.44. The zero-order valence-electron chi connectivity index (χ0n) is 16.1. The molecule has 2 heterocycles. The molecule has 0 aliphatic carbocycles. The summed E-state index contributed by atoms with van der Waals surface area (Å²) in [6, 6.07) is 21.2. The Morgan fingerprint density at radius 2 is 1.86 bits per heavy atom. The molecule has 144 valence electrons. The molecule has 0 radical (unpaired) electrons. The first kappa shape index (κ1) is 18.5. The Kier molecular flexibility index (Phi) is 5.38. The molecule has 2 N–H and O–H groups in total. The lowest BCUT2D eigenvalue weighted by atomic mass is 10.0. The van der Waals surface area contributed by atoms with Crippen LogP contribution < -0.4 is 10.1 Å². The Bertz CT molecular complexity index is 1150. The van der Waals surface area contributed by atoms with E-state index in [1.165, 1.54) is 0 Å². The Hall–Kier alpha value is -3.86. The number of H-pyrrole nitrogens is 1. The van der Waals surface area contributed by atoms with Crippen molar-refractivity contribution in [1.29, 1.82) is 0 Å². The van der Waals surface area contributed by atoms with Gasteiger partial charge in [0.15, 0.2) is 0 Å². The van der Waals surface area contributed by atoms with E-state index in [1.54, 1.807) is 13.3 Å². The zero-order valence-corrected chi connectivity index (χ0v) is 16.1. The second-order valence-corrected chi connectivity index (χ2v) is 6.60. The summed E-state index contributed by atoms with van der Waals surface area (Å²) < 4.78 is 5.18. The Morgan fingerprint density at radius 3 is 2.62 bits per heavy atom. The highest BCUT2D eigenvalue weighted by molar-refractivity contribution is 6.24. The number of carbonyl (C=O) groups is 1. The molecule has 5 heteroatoms. The van der Waals surface area contributed by atoms with Crippen LogP contribution in [0.3, 0.4) is 0 Å². The molecule has 29 heavy (non-hydrogen) atoms. The topological polar surface area (TPSA) is 67.0 Å². The summed E-state index contributed by atoms with van der Waals surface area (Å²) in [4.78, 5) is 20.5. The first-order chi connectivity index (χ1) is 14.2. The molecule has 2 aromatic heterocycles. The summed E-state index contributed by atoms with van der Waals surface area (Å²) in [6.07, 6.45) is 5.52. The molecule has 0 spiro atoms. The van der Waals surface area contributed by atoms with Crippen LogP contribution in [0.4, 0.5) is 0 Å². The summed E-state index contributed by atoms with van der Waals surface area (Å²) in [5, 5.41) is 4.00. The van der Waals surface area contributed by atoms with Crippen LogP contribution in [0.1, 0.15) is 16.7 Å². The third-order valence-corrected chi connectivity index (χ3v) is 4.72. The van der Waals surface area contributed by atoms with Gasteiger partial charge in [0.25, 0.3) is 5.91 Å². The van der Waals surface area contributed by atoms with E-state index in [-0.39, 0.29) is 5.91 Å². The van der Waals surface area contributed by atoms with Gasteiger partial charge >= 0.3 is 0 Å². The van der Waals surface area contributed by atoms with Gasteiger partial charge in [-0.3, -0.25) is 4.79 Å². The molecule has 0 aliphatic heterocycles. The number of carbonyl (C=O) groups excluding carboxylic acids is 1. The van der Waals surface area contributed by atoms with E-state index in [2.05, 4.69) is 15.3 Å². The highest BCUT2D eigenvalue weighted by atomic mass is 16.5. The number of rotatable bonds is 6. The van der Waals surface area contributed by atoms with Crippen molar-refractivity contribution in [2.75, 3.05) is 7.11 Å². The van der Waals surface area contributed by atoms with Crippen LogP contribution in [0.15, 0.2) is 79.1 Å².